The van der Waals surface area contributed by atoms with Crippen molar-refractivity contribution in [2.75, 3.05) is 5.32 Å². The summed E-state index contributed by atoms with van der Waals surface area (Å²) in [5, 5.41) is 7.32. The molecule has 0 radical (unpaired) electrons. The third-order valence-corrected chi connectivity index (χ3v) is 3.76. The zero-order valence-electron chi connectivity index (χ0n) is 14.1. The number of nitrogens with one attached hydrogen (secondary N) is 1. The smallest absolute Gasteiger partial charge is 0.228 e. The third-order valence-electron chi connectivity index (χ3n) is 3.76. The van der Waals surface area contributed by atoms with E-state index in [2.05, 4.69) is 22.0 Å². The summed E-state index contributed by atoms with van der Waals surface area (Å²) < 4.78 is 1.72. The topological polar surface area (TPSA) is 59.8 Å². The first kappa shape index (κ1) is 16.6. The summed E-state index contributed by atoms with van der Waals surface area (Å²) in [5.74, 6) is 0.978. The van der Waals surface area contributed by atoms with Crippen molar-refractivity contribution in [1.82, 2.24) is 14.8 Å². The molecule has 0 spiro atoms. The lowest BCUT2D eigenvalue weighted by molar-refractivity contribution is -0.114. The fourth-order valence-electron chi connectivity index (χ4n) is 2.53. The zero-order chi connectivity index (χ0) is 17.6. The van der Waals surface area contributed by atoms with Crippen molar-refractivity contribution in [3.8, 4) is 0 Å². The van der Waals surface area contributed by atoms with E-state index < -0.39 is 0 Å². The average molecular weight is 332 g/mol. The minimum absolute atomic E-state index is 0.165. The van der Waals surface area contributed by atoms with Crippen LogP contribution in [0.4, 0.5) is 5.95 Å². The van der Waals surface area contributed by atoms with Gasteiger partial charge in [-0.1, -0.05) is 67.3 Å². The number of carbonyl (C=O) groups excluding carboxylic acids is 1. The maximum Gasteiger partial charge on any atom is 0.228 e. The summed E-state index contributed by atoms with van der Waals surface area (Å²) in [7, 11) is 0. The number of hydrogen-bond donors (Lipinski definition) is 1. The average Bonchev–Trinajstić information content (AvgIpc) is 2.96. The highest BCUT2D eigenvalue weighted by atomic mass is 16.1. The van der Waals surface area contributed by atoms with Crippen molar-refractivity contribution in [3.63, 3.8) is 0 Å². The second-order valence-corrected chi connectivity index (χ2v) is 5.80. The number of amides is 1. The van der Waals surface area contributed by atoms with E-state index in [4.69, 9.17) is 0 Å². The predicted octanol–water partition coefficient (Wildman–Crippen LogP) is 3.52. The first-order chi connectivity index (χ1) is 12.1. The van der Waals surface area contributed by atoms with E-state index >= 15 is 0 Å². The predicted molar refractivity (Wildman–Crippen MR) is 99.2 cm³/mol. The van der Waals surface area contributed by atoms with Crippen LogP contribution in [-0.4, -0.2) is 20.7 Å². The Morgan fingerprint density at radius 1 is 1.12 bits per heavy atom. The van der Waals surface area contributed by atoms with Gasteiger partial charge in [0.2, 0.25) is 11.9 Å². The van der Waals surface area contributed by atoms with Crippen LogP contribution >= 0.6 is 0 Å². The summed E-state index contributed by atoms with van der Waals surface area (Å²) in [5.41, 5.74) is 3.27. The van der Waals surface area contributed by atoms with Gasteiger partial charge >= 0.3 is 0 Å². The van der Waals surface area contributed by atoms with Crippen LogP contribution in [0.3, 0.4) is 0 Å². The summed E-state index contributed by atoms with van der Waals surface area (Å²) >= 11 is 0. The highest BCUT2D eigenvalue weighted by molar-refractivity contribution is 5.86. The van der Waals surface area contributed by atoms with Crippen molar-refractivity contribution in [2.45, 2.75) is 19.9 Å². The Morgan fingerprint density at radius 2 is 1.84 bits per heavy atom. The standard InChI is InChI=1S/C20H20N4O/c1-3-16-9-11-18(12-10-16)14-24-20(21-15(2)25)22-19(23-24)13-17-7-5-4-6-8-17/h3-12H,1,13-14H2,2H3,(H,21,22,23,25). The Labute approximate surface area is 147 Å². The van der Waals surface area contributed by atoms with Gasteiger partial charge in [0, 0.05) is 13.3 Å². The Kier molecular flexibility index (Phi) is 5.04. The molecule has 2 aromatic carbocycles. The molecule has 0 atom stereocenters. The maximum atomic E-state index is 11.5. The molecular weight excluding hydrogens is 312 g/mol. The van der Waals surface area contributed by atoms with Gasteiger partial charge in [-0.2, -0.15) is 10.1 Å². The van der Waals surface area contributed by atoms with Crippen molar-refractivity contribution >= 4 is 17.9 Å². The summed E-state index contributed by atoms with van der Waals surface area (Å²) in [6.07, 6.45) is 2.43. The number of rotatable bonds is 6. The molecule has 1 amide bonds. The lowest BCUT2D eigenvalue weighted by Gasteiger charge is -2.06. The van der Waals surface area contributed by atoms with Crippen molar-refractivity contribution < 1.29 is 4.79 Å². The minimum atomic E-state index is -0.165. The molecule has 25 heavy (non-hydrogen) atoms. The van der Waals surface area contributed by atoms with E-state index in [1.54, 1.807) is 10.8 Å². The summed E-state index contributed by atoms with van der Waals surface area (Å²) in [4.78, 5) is 15.9. The molecule has 0 aliphatic rings. The Morgan fingerprint density at radius 3 is 2.48 bits per heavy atom. The second-order valence-electron chi connectivity index (χ2n) is 5.80. The molecule has 5 nitrogen and oxygen atoms in total. The van der Waals surface area contributed by atoms with Crippen LogP contribution in [0.25, 0.3) is 6.08 Å². The van der Waals surface area contributed by atoms with Gasteiger partial charge in [0.25, 0.3) is 0 Å². The molecule has 3 rings (SSSR count). The lowest BCUT2D eigenvalue weighted by atomic mass is 10.1. The number of benzene rings is 2. The molecule has 1 aromatic heterocycles. The molecule has 3 aromatic rings. The van der Waals surface area contributed by atoms with Crippen LogP contribution in [0.2, 0.25) is 0 Å². The maximum absolute atomic E-state index is 11.5. The molecule has 1 heterocycles. The Balaban J connectivity index is 1.84. The van der Waals surface area contributed by atoms with Crippen LogP contribution in [-0.2, 0) is 17.8 Å². The summed E-state index contributed by atoms with van der Waals surface area (Å²) in [6.45, 7) is 5.76. The zero-order valence-corrected chi connectivity index (χ0v) is 14.1. The molecule has 5 heteroatoms. The van der Waals surface area contributed by atoms with E-state index in [0.29, 0.717) is 24.7 Å². The van der Waals surface area contributed by atoms with Crippen LogP contribution < -0.4 is 5.32 Å². The van der Waals surface area contributed by atoms with Gasteiger partial charge in [0.05, 0.1) is 6.54 Å². The van der Waals surface area contributed by atoms with Gasteiger partial charge in [-0.25, -0.2) is 4.68 Å². The molecule has 126 valence electrons. The molecule has 0 aliphatic carbocycles. The third kappa shape index (κ3) is 4.41. The van der Waals surface area contributed by atoms with E-state index in [-0.39, 0.29) is 5.91 Å². The first-order valence-electron chi connectivity index (χ1n) is 8.10. The number of anilines is 1. The molecule has 0 bridgehead atoms. The van der Waals surface area contributed by atoms with Crippen LogP contribution in [0.5, 0.6) is 0 Å². The minimum Gasteiger partial charge on any atom is -0.295 e. The SMILES string of the molecule is C=Cc1ccc(Cn2nc(Cc3ccccc3)nc2NC(C)=O)cc1. The number of nitrogens with zero attached hydrogens (tertiary/aromatic N) is 3. The monoisotopic (exact) mass is 332 g/mol. The fraction of sp³-hybridized carbons (Fsp3) is 0.150. The van der Waals surface area contributed by atoms with E-state index in [1.807, 2.05) is 54.6 Å². The molecule has 1 N–H and O–H groups in total. The Hall–Kier alpha value is -3.21. The molecule has 0 saturated heterocycles. The quantitative estimate of drug-likeness (QED) is 0.751. The lowest BCUT2D eigenvalue weighted by Crippen LogP contribution is -2.13. The molecule has 0 aliphatic heterocycles. The van der Waals surface area contributed by atoms with Gasteiger partial charge in [-0.15, -0.1) is 0 Å². The fourth-order valence-corrected chi connectivity index (χ4v) is 2.53. The highest BCUT2D eigenvalue weighted by Gasteiger charge is 2.12. The number of hydrogen-bond acceptors (Lipinski definition) is 3. The number of aromatic nitrogens is 3. The molecular formula is C20H20N4O. The van der Waals surface area contributed by atoms with Crippen molar-refractivity contribution in [3.05, 3.63) is 83.7 Å². The van der Waals surface area contributed by atoms with Crippen molar-refractivity contribution in [1.29, 1.82) is 0 Å². The second kappa shape index (κ2) is 7.57. The number of carbonyl (C=O) groups is 1. The van der Waals surface area contributed by atoms with Crippen LogP contribution in [0.1, 0.15) is 29.4 Å². The molecule has 0 saturated carbocycles. The van der Waals surface area contributed by atoms with Gasteiger partial charge in [-0.05, 0) is 16.7 Å². The van der Waals surface area contributed by atoms with Crippen molar-refractivity contribution in [2.24, 2.45) is 0 Å². The van der Waals surface area contributed by atoms with Gasteiger partial charge < -0.3 is 0 Å². The molecule has 0 fully saturated rings. The largest absolute Gasteiger partial charge is 0.295 e. The highest BCUT2D eigenvalue weighted by Crippen LogP contribution is 2.13. The normalized spacial score (nSPS) is 10.4. The van der Waals surface area contributed by atoms with Crippen LogP contribution in [0.15, 0.2) is 61.2 Å². The first-order valence-corrected chi connectivity index (χ1v) is 8.10. The van der Waals surface area contributed by atoms with E-state index in [1.165, 1.54) is 6.92 Å². The van der Waals surface area contributed by atoms with E-state index in [9.17, 15) is 4.79 Å². The van der Waals surface area contributed by atoms with Gasteiger partial charge in [0.1, 0.15) is 0 Å². The summed E-state index contributed by atoms with van der Waals surface area (Å²) in [6, 6.07) is 18.1. The van der Waals surface area contributed by atoms with Gasteiger partial charge in [0.15, 0.2) is 5.82 Å². The van der Waals surface area contributed by atoms with E-state index in [0.717, 1.165) is 16.7 Å². The van der Waals surface area contributed by atoms with Crippen LogP contribution in [0, 0.1) is 0 Å². The Bertz CT molecular complexity index is 866. The van der Waals surface area contributed by atoms with Gasteiger partial charge in [-0.3, -0.25) is 10.1 Å². The molecule has 0 unspecified atom stereocenters.